The molecule has 0 aliphatic heterocycles. The van der Waals surface area contributed by atoms with E-state index in [0.717, 1.165) is 9.13 Å². The van der Waals surface area contributed by atoms with Gasteiger partial charge in [0, 0.05) is 3.57 Å². The summed E-state index contributed by atoms with van der Waals surface area (Å²) < 4.78 is 11.1. The Morgan fingerprint density at radius 1 is 1.08 bits per heavy atom. The second-order valence-corrected chi connectivity index (χ2v) is 6.87. The number of esters is 1. The molecule has 0 aliphatic carbocycles. The smallest absolute Gasteiger partial charge is 0.408 e. The van der Waals surface area contributed by atoms with Crippen LogP contribution in [0.1, 0.15) is 24.2 Å². The maximum absolute atomic E-state index is 11.9. The van der Waals surface area contributed by atoms with Gasteiger partial charge in [-0.25, -0.2) is 9.59 Å². The minimum Gasteiger partial charge on any atom is -0.461 e. The number of rotatable bonds is 7. The molecule has 0 spiro atoms. The largest absolute Gasteiger partial charge is 0.461 e. The van der Waals surface area contributed by atoms with E-state index < -0.39 is 24.2 Å². The van der Waals surface area contributed by atoms with Crippen molar-refractivity contribution in [3.05, 3.63) is 69.3 Å². The lowest BCUT2D eigenvalue weighted by Crippen LogP contribution is -2.40. The van der Waals surface area contributed by atoms with Crippen molar-refractivity contribution in [1.29, 1.82) is 0 Å². The average Bonchev–Trinajstić information content (AvgIpc) is 2.65. The fourth-order valence-corrected chi connectivity index (χ4v) is 2.43. The van der Waals surface area contributed by atoms with E-state index in [2.05, 4.69) is 27.9 Å². The van der Waals surface area contributed by atoms with Gasteiger partial charge in [0.15, 0.2) is 0 Å². The summed E-state index contributed by atoms with van der Waals surface area (Å²) in [5.74, 6) is -0.647. The van der Waals surface area contributed by atoms with Crippen molar-refractivity contribution in [2.24, 2.45) is 0 Å². The lowest BCUT2D eigenvalue weighted by atomic mass is 10.1. The molecule has 2 N–H and O–H groups in total. The minimum absolute atomic E-state index is 0.111. The first-order valence-corrected chi connectivity index (χ1v) is 9.11. The molecule has 0 saturated heterocycles. The number of carbonyl (C=O) groups excluding carboxylic acids is 2. The van der Waals surface area contributed by atoms with E-state index in [-0.39, 0.29) is 13.2 Å². The van der Waals surface area contributed by atoms with Gasteiger partial charge in [-0.05, 0) is 52.8 Å². The molecule has 0 radical (unpaired) electrons. The normalized spacial score (nSPS) is 12.7. The molecule has 2 aromatic carbocycles. The second-order valence-electron chi connectivity index (χ2n) is 5.63. The lowest BCUT2D eigenvalue weighted by Gasteiger charge is -2.16. The van der Waals surface area contributed by atoms with Crippen LogP contribution in [0.2, 0.25) is 0 Å². The molecule has 0 aliphatic rings. The summed E-state index contributed by atoms with van der Waals surface area (Å²) in [5, 5.41) is 12.4. The number of hydrogen-bond acceptors (Lipinski definition) is 5. The van der Waals surface area contributed by atoms with E-state index in [0.29, 0.717) is 5.56 Å². The highest BCUT2D eigenvalue weighted by molar-refractivity contribution is 14.1. The molecule has 2 atom stereocenters. The molecule has 2 rings (SSSR count). The molecular weight excluding hydrogens is 449 g/mol. The third-order valence-electron chi connectivity index (χ3n) is 3.54. The molecule has 0 aromatic heterocycles. The van der Waals surface area contributed by atoms with E-state index in [9.17, 15) is 14.7 Å². The predicted molar refractivity (Wildman–Crippen MR) is 104 cm³/mol. The van der Waals surface area contributed by atoms with Gasteiger partial charge in [-0.1, -0.05) is 42.5 Å². The molecule has 0 saturated carbocycles. The number of ether oxygens (including phenoxy) is 2. The van der Waals surface area contributed by atoms with Crippen LogP contribution in [0.4, 0.5) is 4.79 Å². The average molecular weight is 469 g/mol. The first-order valence-electron chi connectivity index (χ1n) is 8.03. The number of hydrogen-bond donors (Lipinski definition) is 2. The summed E-state index contributed by atoms with van der Waals surface area (Å²) in [7, 11) is 0. The standard InChI is InChI=1S/C19H20INO5/c1-13(21-19(24)26-11-14-5-3-2-4-6-14)18(23)25-12-17(22)15-7-9-16(20)10-8-15/h2-10,13,17,22H,11-12H2,1H3,(H,21,24)/t13-,17?/m0/s1. The van der Waals surface area contributed by atoms with E-state index in [4.69, 9.17) is 9.47 Å². The van der Waals surface area contributed by atoms with Crippen molar-refractivity contribution in [3.8, 4) is 0 Å². The highest BCUT2D eigenvalue weighted by atomic mass is 127. The molecular formula is C19H20INO5. The van der Waals surface area contributed by atoms with E-state index in [1.807, 2.05) is 42.5 Å². The zero-order valence-corrected chi connectivity index (χ0v) is 16.4. The minimum atomic E-state index is -0.923. The maximum Gasteiger partial charge on any atom is 0.408 e. The Kier molecular flexibility index (Phi) is 7.86. The SMILES string of the molecule is C[C@H](NC(=O)OCc1ccccc1)C(=O)OCC(O)c1ccc(I)cc1. The summed E-state index contributed by atoms with van der Waals surface area (Å²) in [6.45, 7) is 1.41. The third kappa shape index (κ3) is 6.64. The Morgan fingerprint density at radius 3 is 2.38 bits per heavy atom. The first-order chi connectivity index (χ1) is 12.5. The number of aliphatic hydroxyl groups excluding tert-OH is 1. The van der Waals surface area contributed by atoms with Crippen molar-refractivity contribution >= 4 is 34.7 Å². The molecule has 7 heteroatoms. The molecule has 0 heterocycles. The number of alkyl carbamates (subject to hydrolysis) is 1. The molecule has 1 unspecified atom stereocenters. The zero-order valence-electron chi connectivity index (χ0n) is 14.2. The molecule has 138 valence electrons. The summed E-state index contributed by atoms with van der Waals surface area (Å²) in [6, 6.07) is 15.6. The van der Waals surface area contributed by atoms with Gasteiger partial charge in [-0.2, -0.15) is 0 Å². The Bertz CT molecular complexity index is 720. The number of halogens is 1. The fourth-order valence-electron chi connectivity index (χ4n) is 2.07. The third-order valence-corrected chi connectivity index (χ3v) is 4.26. The number of nitrogens with one attached hydrogen (secondary N) is 1. The van der Waals surface area contributed by atoms with E-state index >= 15 is 0 Å². The topological polar surface area (TPSA) is 84.9 Å². The van der Waals surface area contributed by atoms with Crippen molar-refractivity contribution in [2.75, 3.05) is 6.61 Å². The van der Waals surface area contributed by atoms with Crippen LogP contribution < -0.4 is 5.32 Å². The highest BCUT2D eigenvalue weighted by Gasteiger charge is 2.19. The first kappa shape index (κ1) is 20.2. The fraction of sp³-hybridized carbons (Fsp3) is 0.263. The maximum atomic E-state index is 11.9. The van der Waals surface area contributed by atoms with Crippen LogP contribution in [0.25, 0.3) is 0 Å². The summed E-state index contributed by atoms with van der Waals surface area (Å²) in [4.78, 5) is 23.7. The van der Waals surface area contributed by atoms with Crippen LogP contribution in [-0.4, -0.2) is 29.8 Å². The second kappa shape index (κ2) is 10.1. The number of aliphatic hydroxyl groups is 1. The molecule has 2 aromatic rings. The van der Waals surface area contributed by atoms with Crippen LogP contribution in [0, 0.1) is 3.57 Å². The van der Waals surface area contributed by atoms with Crippen LogP contribution in [-0.2, 0) is 20.9 Å². The Balaban J connectivity index is 1.72. The van der Waals surface area contributed by atoms with Gasteiger partial charge in [0.1, 0.15) is 25.4 Å². The Labute approximate surface area is 165 Å². The van der Waals surface area contributed by atoms with Gasteiger partial charge in [0.25, 0.3) is 0 Å². The van der Waals surface area contributed by atoms with Crippen LogP contribution >= 0.6 is 22.6 Å². The predicted octanol–water partition coefficient (Wildman–Crippen LogP) is 3.18. The Morgan fingerprint density at radius 2 is 1.73 bits per heavy atom. The van der Waals surface area contributed by atoms with Gasteiger partial charge in [-0.15, -0.1) is 0 Å². The van der Waals surface area contributed by atoms with Crippen molar-refractivity contribution in [1.82, 2.24) is 5.32 Å². The van der Waals surface area contributed by atoms with Crippen molar-refractivity contribution in [3.63, 3.8) is 0 Å². The summed E-state index contributed by atoms with van der Waals surface area (Å²) in [6.07, 6.45) is -1.63. The van der Waals surface area contributed by atoms with Gasteiger partial charge in [-0.3, -0.25) is 0 Å². The highest BCUT2D eigenvalue weighted by Crippen LogP contribution is 2.15. The van der Waals surface area contributed by atoms with Crippen molar-refractivity contribution in [2.45, 2.75) is 25.7 Å². The molecule has 1 amide bonds. The quantitative estimate of drug-likeness (QED) is 0.481. The molecule has 0 bridgehead atoms. The molecule has 26 heavy (non-hydrogen) atoms. The number of benzene rings is 2. The van der Waals surface area contributed by atoms with Gasteiger partial charge < -0.3 is 19.9 Å². The zero-order chi connectivity index (χ0) is 18.9. The van der Waals surface area contributed by atoms with E-state index in [1.165, 1.54) is 6.92 Å². The van der Waals surface area contributed by atoms with Crippen molar-refractivity contribution < 1.29 is 24.2 Å². The van der Waals surface area contributed by atoms with Crippen LogP contribution in [0.15, 0.2) is 54.6 Å². The van der Waals surface area contributed by atoms with Gasteiger partial charge >= 0.3 is 12.1 Å². The number of amides is 1. The van der Waals surface area contributed by atoms with Crippen LogP contribution in [0.3, 0.4) is 0 Å². The van der Waals surface area contributed by atoms with Crippen LogP contribution in [0.5, 0.6) is 0 Å². The Hall–Kier alpha value is -2.13. The van der Waals surface area contributed by atoms with E-state index in [1.54, 1.807) is 12.1 Å². The molecule has 0 fully saturated rings. The summed E-state index contributed by atoms with van der Waals surface area (Å²) >= 11 is 2.16. The number of carbonyl (C=O) groups is 2. The van der Waals surface area contributed by atoms with Gasteiger partial charge in [0.05, 0.1) is 0 Å². The lowest BCUT2D eigenvalue weighted by molar-refractivity contribution is -0.148. The summed E-state index contributed by atoms with van der Waals surface area (Å²) in [5.41, 5.74) is 1.50. The van der Waals surface area contributed by atoms with Gasteiger partial charge in [0.2, 0.25) is 0 Å². The molecule has 6 nitrogen and oxygen atoms in total. The monoisotopic (exact) mass is 469 g/mol.